The monoisotopic (exact) mass is 511 g/mol. The van der Waals surface area contributed by atoms with Gasteiger partial charge in [0.1, 0.15) is 17.2 Å². The number of aromatic nitrogens is 1. The number of ether oxygens (including phenoxy) is 3. The van der Waals surface area contributed by atoms with E-state index in [4.69, 9.17) is 14.2 Å². The van der Waals surface area contributed by atoms with Gasteiger partial charge in [0.05, 0.1) is 39.0 Å². The van der Waals surface area contributed by atoms with Gasteiger partial charge in [0.2, 0.25) is 0 Å². The summed E-state index contributed by atoms with van der Waals surface area (Å²) in [4.78, 5) is 45.6. The lowest BCUT2D eigenvalue weighted by atomic mass is 9.94. The summed E-state index contributed by atoms with van der Waals surface area (Å²) >= 11 is 0. The molecule has 0 aliphatic carbocycles. The summed E-state index contributed by atoms with van der Waals surface area (Å²) < 4.78 is 15.6. The molecular formula is C27H33N3O7. The van der Waals surface area contributed by atoms with E-state index in [0.717, 1.165) is 19.6 Å². The van der Waals surface area contributed by atoms with Crippen LogP contribution in [0.3, 0.4) is 0 Å². The molecule has 0 radical (unpaired) electrons. The molecule has 10 heteroatoms. The summed E-state index contributed by atoms with van der Waals surface area (Å²) in [6.07, 6.45) is 0.655. The zero-order valence-corrected chi connectivity index (χ0v) is 21.6. The number of hydrogen-bond donors (Lipinski definition) is 2. The third kappa shape index (κ3) is 5.12. The van der Waals surface area contributed by atoms with Gasteiger partial charge in [-0.25, -0.2) is 4.79 Å². The van der Waals surface area contributed by atoms with Crippen LogP contribution in [0.15, 0.2) is 29.8 Å². The molecule has 10 nitrogen and oxygen atoms in total. The summed E-state index contributed by atoms with van der Waals surface area (Å²) in [5.74, 6) is -1.79. The second kappa shape index (κ2) is 11.2. The highest BCUT2D eigenvalue weighted by Gasteiger charge is 2.46. The van der Waals surface area contributed by atoms with Crippen LogP contribution in [0, 0.1) is 13.8 Å². The molecule has 2 aliphatic rings. The van der Waals surface area contributed by atoms with Crippen LogP contribution in [0.2, 0.25) is 0 Å². The predicted molar refractivity (Wildman–Crippen MR) is 135 cm³/mol. The highest BCUT2D eigenvalue weighted by Crippen LogP contribution is 2.41. The Morgan fingerprint density at radius 3 is 2.57 bits per heavy atom. The average molecular weight is 512 g/mol. The van der Waals surface area contributed by atoms with E-state index in [1.54, 1.807) is 45.2 Å². The van der Waals surface area contributed by atoms with Gasteiger partial charge in [0, 0.05) is 37.4 Å². The van der Waals surface area contributed by atoms with Crippen molar-refractivity contribution >= 4 is 23.4 Å². The highest BCUT2D eigenvalue weighted by molar-refractivity contribution is 6.46. The number of methoxy groups -OCH3 is 2. The lowest BCUT2D eigenvalue weighted by Crippen LogP contribution is -2.38. The second-order valence-corrected chi connectivity index (χ2v) is 9.19. The topological polar surface area (TPSA) is 121 Å². The number of aliphatic hydroxyl groups excluding tert-OH is 1. The molecule has 3 heterocycles. The average Bonchev–Trinajstić information content (AvgIpc) is 3.35. The summed E-state index contributed by atoms with van der Waals surface area (Å²) in [6, 6.07) is 6.31. The van der Waals surface area contributed by atoms with Gasteiger partial charge >= 0.3 is 5.97 Å². The van der Waals surface area contributed by atoms with Gasteiger partial charge in [0.15, 0.2) is 0 Å². The van der Waals surface area contributed by atoms with E-state index in [1.807, 2.05) is 0 Å². The Kier molecular flexibility index (Phi) is 7.99. The van der Waals surface area contributed by atoms with Gasteiger partial charge < -0.3 is 29.2 Å². The first kappa shape index (κ1) is 26.4. The van der Waals surface area contributed by atoms with Gasteiger partial charge in [-0.15, -0.1) is 0 Å². The third-order valence-corrected chi connectivity index (χ3v) is 6.99. The Labute approximate surface area is 215 Å². The van der Waals surface area contributed by atoms with Crippen molar-refractivity contribution in [1.82, 2.24) is 14.8 Å². The van der Waals surface area contributed by atoms with Crippen LogP contribution in [0.25, 0.3) is 5.76 Å². The van der Waals surface area contributed by atoms with Crippen molar-refractivity contribution in [3.05, 3.63) is 57.9 Å². The quantitative estimate of drug-likeness (QED) is 0.240. The Hall–Kier alpha value is -3.63. The minimum absolute atomic E-state index is 0.0220. The zero-order valence-electron chi connectivity index (χ0n) is 21.6. The van der Waals surface area contributed by atoms with Crippen molar-refractivity contribution in [2.45, 2.75) is 26.3 Å². The van der Waals surface area contributed by atoms with E-state index >= 15 is 0 Å². The number of H-pyrrole nitrogens is 1. The molecule has 2 N–H and O–H groups in total. The van der Waals surface area contributed by atoms with Crippen LogP contribution in [0.1, 0.15) is 45.3 Å². The van der Waals surface area contributed by atoms with Gasteiger partial charge in [-0.3, -0.25) is 14.5 Å². The van der Waals surface area contributed by atoms with Gasteiger partial charge in [-0.2, -0.15) is 0 Å². The number of nitrogens with zero attached hydrogens (tertiary/aromatic N) is 2. The normalized spacial score (nSPS) is 19.9. The largest absolute Gasteiger partial charge is 0.507 e. The van der Waals surface area contributed by atoms with Crippen molar-refractivity contribution in [2.75, 3.05) is 53.6 Å². The minimum atomic E-state index is -0.810. The number of likely N-dealkylation sites (tertiary alicyclic amines) is 1. The number of Topliss-reactive ketones (excluding diaryl/α,β-unsaturated/α-hetero) is 1. The van der Waals surface area contributed by atoms with E-state index < -0.39 is 23.7 Å². The number of rotatable bonds is 8. The Morgan fingerprint density at radius 1 is 1.16 bits per heavy atom. The molecular weight excluding hydrogens is 478 g/mol. The van der Waals surface area contributed by atoms with E-state index in [9.17, 15) is 19.5 Å². The van der Waals surface area contributed by atoms with Crippen LogP contribution in [0.4, 0.5) is 0 Å². The fraction of sp³-hybridized carbons (Fsp3) is 0.444. The number of ketones is 1. The molecule has 2 aromatic rings. The Balaban J connectivity index is 1.76. The molecule has 0 bridgehead atoms. The fourth-order valence-corrected chi connectivity index (χ4v) is 5.10. The number of benzene rings is 1. The molecule has 2 fully saturated rings. The molecule has 4 rings (SSSR count). The molecule has 1 aromatic carbocycles. The predicted octanol–water partition coefficient (Wildman–Crippen LogP) is 2.57. The number of esters is 1. The van der Waals surface area contributed by atoms with E-state index in [0.29, 0.717) is 54.3 Å². The zero-order chi connectivity index (χ0) is 26.7. The van der Waals surface area contributed by atoms with Crippen LogP contribution >= 0.6 is 0 Å². The van der Waals surface area contributed by atoms with Crippen molar-refractivity contribution < 1.29 is 33.7 Å². The van der Waals surface area contributed by atoms with Crippen molar-refractivity contribution in [3.63, 3.8) is 0 Å². The number of amides is 1. The summed E-state index contributed by atoms with van der Waals surface area (Å²) in [7, 11) is 2.81. The maximum absolute atomic E-state index is 13.4. The SMILES string of the molecule is COC(=O)c1[nH]c(C)c(C(O)=C2C(=O)C(=O)N(CCCN3CCOCC3)[C@H]2c2cccc(OC)c2)c1C. The molecule has 0 saturated carbocycles. The van der Waals surface area contributed by atoms with Crippen molar-refractivity contribution in [1.29, 1.82) is 0 Å². The number of aromatic amines is 1. The van der Waals surface area contributed by atoms with Gasteiger partial charge in [-0.05, 0) is 43.5 Å². The lowest BCUT2D eigenvalue weighted by molar-refractivity contribution is -0.140. The van der Waals surface area contributed by atoms with Gasteiger partial charge in [-0.1, -0.05) is 12.1 Å². The maximum atomic E-state index is 13.4. The number of aliphatic hydroxyl groups is 1. The van der Waals surface area contributed by atoms with Crippen LogP contribution in [-0.2, 0) is 19.1 Å². The smallest absolute Gasteiger partial charge is 0.354 e. The number of nitrogens with one attached hydrogen (secondary N) is 1. The van der Waals surface area contributed by atoms with Crippen LogP contribution < -0.4 is 4.74 Å². The molecule has 2 saturated heterocycles. The highest BCUT2D eigenvalue weighted by atomic mass is 16.5. The summed E-state index contributed by atoms with van der Waals surface area (Å²) in [5.41, 5.74) is 2.03. The first-order chi connectivity index (χ1) is 17.8. The second-order valence-electron chi connectivity index (χ2n) is 9.19. The molecule has 1 aromatic heterocycles. The number of morpholine rings is 1. The molecule has 2 aliphatic heterocycles. The number of hydrogen-bond acceptors (Lipinski definition) is 8. The first-order valence-electron chi connectivity index (χ1n) is 12.3. The van der Waals surface area contributed by atoms with Crippen LogP contribution in [-0.4, -0.2) is 91.2 Å². The van der Waals surface area contributed by atoms with Crippen molar-refractivity contribution in [3.8, 4) is 5.75 Å². The molecule has 1 amide bonds. The summed E-state index contributed by atoms with van der Waals surface area (Å²) in [5, 5.41) is 11.5. The lowest BCUT2D eigenvalue weighted by Gasteiger charge is -2.29. The summed E-state index contributed by atoms with van der Waals surface area (Å²) in [6.45, 7) is 7.44. The molecule has 0 spiro atoms. The molecule has 37 heavy (non-hydrogen) atoms. The van der Waals surface area contributed by atoms with E-state index in [2.05, 4.69) is 9.88 Å². The maximum Gasteiger partial charge on any atom is 0.354 e. The van der Waals surface area contributed by atoms with Crippen LogP contribution in [0.5, 0.6) is 5.75 Å². The minimum Gasteiger partial charge on any atom is -0.507 e. The molecule has 198 valence electrons. The van der Waals surface area contributed by atoms with Crippen molar-refractivity contribution in [2.24, 2.45) is 0 Å². The number of aryl methyl sites for hydroxylation is 1. The first-order valence-corrected chi connectivity index (χ1v) is 12.3. The number of carbonyl (C=O) groups is 3. The van der Waals surface area contributed by atoms with E-state index in [1.165, 1.54) is 12.0 Å². The van der Waals surface area contributed by atoms with E-state index in [-0.39, 0.29) is 17.0 Å². The fourth-order valence-electron chi connectivity index (χ4n) is 5.10. The standard InChI is InChI=1S/C27H33N3O7/c1-16-20(17(2)28-22(16)27(34)36-4)24(31)21-23(18-7-5-8-19(15-18)35-3)30(26(33)25(21)32)10-6-9-29-11-13-37-14-12-29/h5,7-8,15,23,28,31H,6,9-14H2,1-4H3/t23-/m0/s1. The molecule has 0 unspecified atom stereocenters. The Morgan fingerprint density at radius 2 is 1.89 bits per heavy atom. The Bertz CT molecular complexity index is 1230. The number of carbonyl (C=O) groups excluding carboxylic acids is 3. The molecule has 1 atom stereocenters. The third-order valence-electron chi connectivity index (χ3n) is 6.99. The van der Waals surface area contributed by atoms with Gasteiger partial charge in [0.25, 0.3) is 11.7 Å².